The number of nitrogens with one attached hydrogen (secondary N) is 1. The van der Waals surface area contributed by atoms with Gasteiger partial charge in [-0.3, -0.25) is 13.9 Å². The first kappa shape index (κ1) is 31.6. The van der Waals surface area contributed by atoms with Crippen LogP contribution in [0.2, 0.25) is 5.02 Å². The first-order valence-corrected chi connectivity index (χ1v) is 15.8. The number of carbonyl (C=O) groups is 2. The Morgan fingerprint density at radius 3 is 2.25 bits per heavy atom. The maximum atomic E-state index is 14.1. The van der Waals surface area contributed by atoms with Gasteiger partial charge in [0.25, 0.3) is 10.0 Å². The fraction of sp³-hybridized carbons (Fsp3) is 0.333. The number of aryl methyl sites for hydroxylation is 1. The summed E-state index contributed by atoms with van der Waals surface area (Å²) in [6.45, 7) is 7.08. The van der Waals surface area contributed by atoms with E-state index >= 15 is 0 Å². The largest absolute Gasteiger partial charge is 0.352 e. The zero-order valence-corrected chi connectivity index (χ0v) is 26.3. The van der Waals surface area contributed by atoms with Crippen LogP contribution in [-0.4, -0.2) is 43.8 Å². The second-order valence-corrected chi connectivity index (χ2v) is 12.8. The normalized spacial score (nSPS) is 12.8. The van der Waals surface area contributed by atoms with Gasteiger partial charge in [-0.2, -0.15) is 0 Å². The highest BCUT2D eigenvalue weighted by Crippen LogP contribution is 2.28. The first-order chi connectivity index (χ1) is 19.0. The number of halogens is 2. The number of sulfonamides is 1. The molecule has 0 heterocycles. The average molecular weight is 649 g/mol. The Morgan fingerprint density at radius 2 is 1.65 bits per heavy atom. The molecular formula is C30H35BrClN3O4S. The van der Waals surface area contributed by atoms with Crippen molar-refractivity contribution in [3.8, 4) is 0 Å². The molecule has 0 saturated heterocycles. The van der Waals surface area contributed by atoms with E-state index in [0.717, 1.165) is 16.3 Å². The molecule has 3 aromatic carbocycles. The van der Waals surface area contributed by atoms with Gasteiger partial charge in [-0.1, -0.05) is 83.3 Å². The van der Waals surface area contributed by atoms with Crippen LogP contribution < -0.4 is 9.62 Å². The molecule has 0 aliphatic carbocycles. The van der Waals surface area contributed by atoms with Crippen LogP contribution in [0.4, 0.5) is 5.69 Å². The Morgan fingerprint density at radius 1 is 0.975 bits per heavy atom. The summed E-state index contributed by atoms with van der Waals surface area (Å²) in [5.74, 6) is -0.825. The molecule has 0 radical (unpaired) electrons. The Bertz CT molecular complexity index is 1430. The number of amides is 2. The van der Waals surface area contributed by atoms with Crippen LogP contribution in [-0.2, 0) is 26.2 Å². The lowest BCUT2D eigenvalue weighted by Gasteiger charge is -2.34. The van der Waals surface area contributed by atoms with Crippen molar-refractivity contribution in [1.29, 1.82) is 0 Å². The zero-order chi connectivity index (χ0) is 29.4. The van der Waals surface area contributed by atoms with Gasteiger partial charge < -0.3 is 10.2 Å². The molecule has 7 nitrogen and oxygen atoms in total. The molecule has 40 heavy (non-hydrogen) atoms. The van der Waals surface area contributed by atoms with Gasteiger partial charge in [0, 0.05) is 22.1 Å². The first-order valence-electron chi connectivity index (χ1n) is 13.2. The van der Waals surface area contributed by atoms with E-state index in [9.17, 15) is 18.0 Å². The lowest BCUT2D eigenvalue weighted by Crippen LogP contribution is -2.53. The minimum atomic E-state index is -4.13. The number of carbonyl (C=O) groups excluding carboxylic acids is 2. The number of benzene rings is 3. The second kappa shape index (κ2) is 14.1. The smallest absolute Gasteiger partial charge is 0.264 e. The van der Waals surface area contributed by atoms with Crippen molar-refractivity contribution < 1.29 is 18.0 Å². The van der Waals surface area contributed by atoms with Gasteiger partial charge >= 0.3 is 0 Å². The van der Waals surface area contributed by atoms with E-state index in [2.05, 4.69) is 21.2 Å². The molecular weight excluding hydrogens is 614 g/mol. The van der Waals surface area contributed by atoms with Gasteiger partial charge in [-0.25, -0.2) is 8.42 Å². The van der Waals surface area contributed by atoms with Crippen molar-refractivity contribution in [2.24, 2.45) is 0 Å². The fourth-order valence-corrected chi connectivity index (χ4v) is 6.16. The Hall–Kier alpha value is -2.88. The third kappa shape index (κ3) is 7.86. The van der Waals surface area contributed by atoms with E-state index in [-0.39, 0.29) is 23.4 Å². The molecule has 0 aromatic heterocycles. The standard InChI is InChI=1S/C30H35BrClN3O4S/c1-5-22(4)33-30(37)28(6-2)34(19-23-10-7-8-13-27(23)32)29(36)20-35(25-12-9-11-24(31)18-25)40(38,39)26-16-14-21(3)15-17-26/h7-18,22,28H,5-6,19-20H2,1-4H3,(H,33,37)/t22-,28-/m0/s1. The van der Waals surface area contributed by atoms with Crippen LogP contribution in [0.25, 0.3) is 0 Å². The monoisotopic (exact) mass is 647 g/mol. The predicted octanol–water partition coefficient (Wildman–Crippen LogP) is 6.33. The highest BCUT2D eigenvalue weighted by Gasteiger charge is 2.34. The molecule has 1 N–H and O–H groups in total. The maximum absolute atomic E-state index is 14.1. The lowest BCUT2D eigenvalue weighted by molar-refractivity contribution is -0.140. The molecule has 0 saturated carbocycles. The van der Waals surface area contributed by atoms with Crippen LogP contribution in [0.15, 0.2) is 82.2 Å². The molecule has 10 heteroatoms. The van der Waals surface area contributed by atoms with Crippen LogP contribution in [0.1, 0.15) is 44.7 Å². The second-order valence-electron chi connectivity index (χ2n) is 9.66. The van der Waals surface area contributed by atoms with Crippen LogP contribution in [0.5, 0.6) is 0 Å². The summed E-state index contributed by atoms with van der Waals surface area (Å²) in [5.41, 5.74) is 1.88. The van der Waals surface area contributed by atoms with Gasteiger partial charge in [0.1, 0.15) is 12.6 Å². The summed E-state index contributed by atoms with van der Waals surface area (Å²) in [6.07, 6.45) is 1.06. The van der Waals surface area contributed by atoms with Gasteiger partial charge in [-0.15, -0.1) is 0 Å². The number of hydrogen-bond donors (Lipinski definition) is 1. The van der Waals surface area contributed by atoms with E-state index in [1.54, 1.807) is 60.7 Å². The Balaban J connectivity index is 2.07. The SMILES string of the molecule is CC[C@H](C)NC(=O)[C@H](CC)N(Cc1ccccc1Cl)C(=O)CN(c1cccc(Br)c1)S(=O)(=O)c1ccc(C)cc1. The van der Waals surface area contributed by atoms with Crippen LogP contribution in [0, 0.1) is 6.92 Å². The molecule has 2 amide bonds. The third-order valence-corrected chi connectivity index (χ3v) is 9.32. The zero-order valence-electron chi connectivity index (χ0n) is 23.1. The topological polar surface area (TPSA) is 86.8 Å². The molecule has 0 bridgehead atoms. The number of rotatable bonds is 12. The summed E-state index contributed by atoms with van der Waals surface area (Å²) in [7, 11) is -4.13. The van der Waals surface area contributed by atoms with Crippen molar-refractivity contribution in [3.63, 3.8) is 0 Å². The predicted molar refractivity (Wildman–Crippen MR) is 164 cm³/mol. The summed E-state index contributed by atoms with van der Waals surface area (Å²) < 4.78 is 29.6. The quantitative estimate of drug-likeness (QED) is 0.249. The molecule has 2 atom stereocenters. The average Bonchev–Trinajstić information content (AvgIpc) is 2.92. The number of anilines is 1. The summed E-state index contributed by atoms with van der Waals surface area (Å²) in [4.78, 5) is 28.9. The number of hydrogen-bond acceptors (Lipinski definition) is 4. The molecule has 0 aliphatic rings. The minimum absolute atomic E-state index is 0.0435. The molecule has 214 valence electrons. The lowest BCUT2D eigenvalue weighted by atomic mass is 10.1. The molecule has 0 fully saturated rings. The van der Waals surface area contributed by atoms with Crippen molar-refractivity contribution in [3.05, 3.63) is 93.4 Å². The maximum Gasteiger partial charge on any atom is 0.264 e. The minimum Gasteiger partial charge on any atom is -0.352 e. The van der Waals surface area contributed by atoms with E-state index in [1.165, 1.54) is 17.0 Å². The fourth-order valence-electron chi connectivity index (χ4n) is 4.17. The highest BCUT2D eigenvalue weighted by atomic mass is 79.9. The van der Waals surface area contributed by atoms with E-state index in [0.29, 0.717) is 27.2 Å². The van der Waals surface area contributed by atoms with E-state index in [1.807, 2.05) is 27.7 Å². The van der Waals surface area contributed by atoms with Crippen molar-refractivity contribution in [2.75, 3.05) is 10.8 Å². The van der Waals surface area contributed by atoms with Crippen molar-refractivity contribution >= 4 is 55.1 Å². The molecule has 3 aromatic rings. The molecule has 0 unspecified atom stereocenters. The van der Waals surface area contributed by atoms with Gasteiger partial charge in [0.2, 0.25) is 11.8 Å². The van der Waals surface area contributed by atoms with Crippen molar-refractivity contribution in [1.82, 2.24) is 10.2 Å². The number of nitrogens with zero attached hydrogens (tertiary/aromatic N) is 2. The van der Waals surface area contributed by atoms with Crippen LogP contribution in [0.3, 0.4) is 0 Å². The Kier molecular flexibility index (Phi) is 11.2. The molecule has 3 rings (SSSR count). The van der Waals surface area contributed by atoms with Crippen molar-refractivity contribution in [2.45, 2.75) is 64.1 Å². The molecule has 0 spiro atoms. The van der Waals surface area contributed by atoms with Gasteiger partial charge in [0.15, 0.2) is 0 Å². The highest BCUT2D eigenvalue weighted by molar-refractivity contribution is 9.10. The van der Waals surface area contributed by atoms with E-state index < -0.39 is 28.5 Å². The molecule has 0 aliphatic heterocycles. The van der Waals surface area contributed by atoms with Crippen LogP contribution >= 0.6 is 27.5 Å². The third-order valence-electron chi connectivity index (χ3n) is 6.67. The summed E-state index contributed by atoms with van der Waals surface area (Å²) >= 11 is 9.85. The van der Waals surface area contributed by atoms with Gasteiger partial charge in [0.05, 0.1) is 10.6 Å². The Labute approximate surface area is 250 Å². The summed E-state index contributed by atoms with van der Waals surface area (Å²) in [5, 5.41) is 3.42. The van der Waals surface area contributed by atoms with Gasteiger partial charge in [-0.05, 0) is 68.7 Å². The van der Waals surface area contributed by atoms with E-state index in [4.69, 9.17) is 11.6 Å². The summed E-state index contributed by atoms with van der Waals surface area (Å²) in [6, 6.07) is 19.4.